The number of nitrogens with two attached hydrogens (primary N) is 1. The van der Waals surface area contributed by atoms with Crippen molar-refractivity contribution in [3.8, 4) is 0 Å². The van der Waals surface area contributed by atoms with Crippen molar-refractivity contribution in [2.75, 3.05) is 12.3 Å². The zero-order chi connectivity index (χ0) is 12.4. The summed E-state index contributed by atoms with van der Waals surface area (Å²) in [5, 5.41) is 9.12. The SMILES string of the molecule is CCC(CCO)n1c(C)nc2cc(N)ccc21. The first kappa shape index (κ1) is 11.9. The Hall–Kier alpha value is -1.55. The molecule has 0 spiro atoms. The first-order valence-corrected chi connectivity index (χ1v) is 6.02. The zero-order valence-electron chi connectivity index (χ0n) is 10.3. The molecular weight excluding hydrogens is 214 g/mol. The van der Waals surface area contributed by atoms with Crippen molar-refractivity contribution in [1.82, 2.24) is 9.55 Å². The Morgan fingerprint density at radius 1 is 1.47 bits per heavy atom. The lowest BCUT2D eigenvalue weighted by Gasteiger charge is -2.18. The van der Waals surface area contributed by atoms with Gasteiger partial charge in [0.05, 0.1) is 11.0 Å². The van der Waals surface area contributed by atoms with Crippen LogP contribution in [0.1, 0.15) is 31.6 Å². The van der Waals surface area contributed by atoms with E-state index in [9.17, 15) is 0 Å². The second-order valence-corrected chi connectivity index (χ2v) is 4.35. The van der Waals surface area contributed by atoms with Gasteiger partial charge in [-0.25, -0.2) is 4.98 Å². The number of imidazole rings is 1. The monoisotopic (exact) mass is 233 g/mol. The van der Waals surface area contributed by atoms with Gasteiger partial charge in [-0.1, -0.05) is 6.92 Å². The molecule has 2 aromatic rings. The van der Waals surface area contributed by atoms with Gasteiger partial charge in [0.1, 0.15) is 5.82 Å². The van der Waals surface area contributed by atoms with E-state index in [4.69, 9.17) is 10.8 Å². The number of hydrogen-bond donors (Lipinski definition) is 2. The predicted molar refractivity (Wildman–Crippen MR) is 69.9 cm³/mol. The summed E-state index contributed by atoms with van der Waals surface area (Å²) < 4.78 is 2.20. The summed E-state index contributed by atoms with van der Waals surface area (Å²) in [7, 11) is 0. The molecule has 0 radical (unpaired) electrons. The number of aryl methyl sites for hydroxylation is 1. The molecule has 1 aromatic heterocycles. The van der Waals surface area contributed by atoms with E-state index in [1.807, 2.05) is 25.1 Å². The van der Waals surface area contributed by atoms with Gasteiger partial charge in [0.15, 0.2) is 0 Å². The summed E-state index contributed by atoms with van der Waals surface area (Å²) in [5.74, 6) is 0.978. The topological polar surface area (TPSA) is 64.1 Å². The number of nitrogens with zero attached hydrogens (tertiary/aromatic N) is 2. The number of hydrogen-bond acceptors (Lipinski definition) is 3. The average Bonchev–Trinajstić information content (AvgIpc) is 2.61. The molecular formula is C13H19N3O. The molecule has 0 aliphatic heterocycles. The summed E-state index contributed by atoms with van der Waals surface area (Å²) in [6, 6.07) is 6.09. The van der Waals surface area contributed by atoms with Crippen molar-refractivity contribution < 1.29 is 5.11 Å². The van der Waals surface area contributed by atoms with Crippen LogP contribution in [0.3, 0.4) is 0 Å². The molecule has 4 heteroatoms. The van der Waals surface area contributed by atoms with Gasteiger partial charge >= 0.3 is 0 Å². The summed E-state index contributed by atoms with van der Waals surface area (Å²) in [6.07, 6.45) is 1.74. The van der Waals surface area contributed by atoms with Gasteiger partial charge in [-0.2, -0.15) is 0 Å². The van der Waals surface area contributed by atoms with Crippen LogP contribution < -0.4 is 5.73 Å². The predicted octanol–water partition coefficient (Wildman–Crippen LogP) is 2.26. The maximum absolute atomic E-state index is 9.12. The molecule has 0 bridgehead atoms. The third-order valence-electron chi connectivity index (χ3n) is 3.19. The van der Waals surface area contributed by atoms with E-state index >= 15 is 0 Å². The van der Waals surface area contributed by atoms with Crippen LogP contribution in [0.2, 0.25) is 0 Å². The van der Waals surface area contributed by atoms with Gasteiger partial charge in [-0.3, -0.25) is 0 Å². The van der Waals surface area contributed by atoms with E-state index in [0.717, 1.165) is 35.4 Å². The van der Waals surface area contributed by atoms with Crippen LogP contribution in [0.25, 0.3) is 11.0 Å². The Labute approximate surface area is 101 Å². The zero-order valence-corrected chi connectivity index (χ0v) is 10.3. The molecule has 0 amide bonds. The third-order valence-corrected chi connectivity index (χ3v) is 3.19. The maximum Gasteiger partial charge on any atom is 0.106 e. The van der Waals surface area contributed by atoms with E-state index in [-0.39, 0.29) is 6.61 Å². The van der Waals surface area contributed by atoms with E-state index in [1.165, 1.54) is 0 Å². The summed E-state index contributed by atoms with van der Waals surface area (Å²) in [5.41, 5.74) is 8.52. The number of fused-ring (bicyclic) bond motifs is 1. The number of anilines is 1. The molecule has 1 heterocycles. The number of aliphatic hydroxyl groups is 1. The largest absolute Gasteiger partial charge is 0.399 e. The molecule has 0 aliphatic carbocycles. The molecule has 1 atom stereocenters. The lowest BCUT2D eigenvalue weighted by molar-refractivity contribution is 0.255. The van der Waals surface area contributed by atoms with Gasteiger partial charge in [0.25, 0.3) is 0 Å². The maximum atomic E-state index is 9.12. The van der Waals surface area contributed by atoms with Crippen molar-refractivity contribution in [3.63, 3.8) is 0 Å². The minimum atomic E-state index is 0.201. The number of aromatic nitrogens is 2. The van der Waals surface area contributed by atoms with E-state index in [2.05, 4.69) is 16.5 Å². The Balaban J connectivity index is 2.55. The minimum absolute atomic E-state index is 0.201. The lowest BCUT2D eigenvalue weighted by Crippen LogP contribution is -2.11. The van der Waals surface area contributed by atoms with Crippen molar-refractivity contribution in [3.05, 3.63) is 24.0 Å². The molecule has 17 heavy (non-hydrogen) atoms. The first-order chi connectivity index (χ1) is 8.17. The van der Waals surface area contributed by atoms with E-state index in [1.54, 1.807) is 0 Å². The molecule has 0 saturated heterocycles. The molecule has 1 unspecified atom stereocenters. The van der Waals surface area contributed by atoms with Crippen LogP contribution >= 0.6 is 0 Å². The van der Waals surface area contributed by atoms with E-state index < -0.39 is 0 Å². The molecule has 3 N–H and O–H groups in total. The third kappa shape index (κ3) is 2.13. The van der Waals surface area contributed by atoms with Gasteiger partial charge in [0, 0.05) is 18.3 Å². The lowest BCUT2D eigenvalue weighted by atomic mass is 10.1. The minimum Gasteiger partial charge on any atom is -0.399 e. The molecule has 92 valence electrons. The normalized spacial score (nSPS) is 13.1. The van der Waals surface area contributed by atoms with Gasteiger partial charge in [-0.05, 0) is 38.0 Å². The van der Waals surface area contributed by atoms with Crippen LogP contribution in [0.15, 0.2) is 18.2 Å². The molecule has 0 fully saturated rings. The highest BCUT2D eigenvalue weighted by atomic mass is 16.3. The van der Waals surface area contributed by atoms with Crippen molar-refractivity contribution >= 4 is 16.7 Å². The highest BCUT2D eigenvalue weighted by Gasteiger charge is 2.15. The fourth-order valence-corrected chi connectivity index (χ4v) is 2.36. The van der Waals surface area contributed by atoms with Crippen molar-refractivity contribution in [2.24, 2.45) is 0 Å². The fraction of sp³-hybridized carbons (Fsp3) is 0.462. The Morgan fingerprint density at radius 3 is 2.88 bits per heavy atom. The quantitative estimate of drug-likeness (QED) is 0.796. The number of aliphatic hydroxyl groups excluding tert-OH is 1. The fourth-order valence-electron chi connectivity index (χ4n) is 2.36. The van der Waals surface area contributed by atoms with Crippen LogP contribution in [-0.2, 0) is 0 Å². The Bertz CT molecular complexity index is 519. The van der Waals surface area contributed by atoms with Crippen LogP contribution in [0, 0.1) is 6.92 Å². The summed E-state index contributed by atoms with van der Waals surface area (Å²) >= 11 is 0. The average molecular weight is 233 g/mol. The first-order valence-electron chi connectivity index (χ1n) is 6.02. The molecule has 1 aromatic carbocycles. The van der Waals surface area contributed by atoms with Gasteiger partial charge < -0.3 is 15.4 Å². The highest BCUT2D eigenvalue weighted by molar-refractivity contribution is 5.79. The van der Waals surface area contributed by atoms with Gasteiger partial charge in [0.2, 0.25) is 0 Å². The van der Waals surface area contributed by atoms with E-state index in [0.29, 0.717) is 6.04 Å². The second kappa shape index (κ2) is 4.75. The summed E-state index contributed by atoms with van der Waals surface area (Å²) in [4.78, 5) is 4.53. The van der Waals surface area contributed by atoms with Crippen molar-refractivity contribution in [2.45, 2.75) is 32.7 Å². The molecule has 0 saturated carbocycles. The van der Waals surface area contributed by atoms with Crippen molar-refractivity contribution in [1.29, 1.82) is 0 Å². The summed E-state index contributed by atoms with van der Waals surface area (Å²) in [6.45, 7) is 4.33. The second-order valence-electron chi connectivity index (χ2n) is 4.35. The number of nitrogen functional groups attached to an aromatic ring is 1. The molecule has 4 nitrogen and oxygen atoms in total. The van der Waals surface area contributed by atoms with Crippen LogP contribution in [-0.4, -0.2) is 21.3 Å². The Kier molecular flexibility index (Phi) is 3.33. The molecule has 2 rings (SSSR count). The van der Waals surface area contributed by atoms with Gasteiger partial charge in [-0.15, -0.1) is 0 Å². The number of rotatable bonds is 4. The number of benzene rings is 1. The highest BCUT2D eigenvalue weighted by Crippen LogP contribution is 2.26. The Morgan fingerprint density at radius 2 is 2.24 bits per heavy atom. The smallest absolute Gasteiger partial charge is 0.106 e. The standard InChI is InChI=1S/C13H19N3O/c1-3-11(6-7-17)16-9(2)15-12-8-10(14)4-5-13(12)16/h4-5,8,11,17H,3,6-7,14H2,1-2H3. The van der Waals surface area contributed by atoms with Crippen LogP contribution in [0.4, 0.5) is 5.69 Å². The van der Waals surface area contributed by atoms with Crippen LogP contribution in [0.5, 0.6) is 0 Å². The molecule has 0 aliphatic rings.